The van der Waals surface area contributed by atoms with Crippen molar-refractivity contribution in [1.29, 1.82) is 0 Å². The van der Waals surface area contributed by atoms with E-state index in [0.29, 0.717) is 13.0 Å². The molecule has 0 aromatic carbocycles. The number of rotatable bonds is 4. The number of hydrogen-bond donors (Lipinski definition) is 1. The smallest absolute Gasteiger partial charge is 0.326 e. The molecular weight excluding hydrogens is 270 g/mol. The third kappa shape index (κ3) is 4.43. The molecule has 0 radical (unpaired) electrons. The Bertz CT molecular complexity index is 363. The van der Waals surface area contributed by atoms with Crippen LogP contribution in [0.2, 0.25) is 0 Å². The third-order valence-corrected chi connectivity index (χ3v) is 4.62. The normalized spacial score (nSPS) is 26.1. The highest BCUT2D eigenvalue weighted by molar-refractivity contribution is 5.86. The molecule has 1 saturated heterocycles. The van der Waals surface area contributed by atoms with Crippen molar-refractivity contribution in [3.8, 4) is 0 Å². The molecule has 0 unspecified atom stereocenters. The van der Waals surface area contributed by atoms with Crippen LogP contribution in [-0.2, 0) is 14.3 Å². The van der Waals surface area contributed by atoms with Crippen molar-refractivity contribution in [3.05, 3.63) is 0 Å². The molecule has 0 aromatic heterocycles. The van der Waals surface area contributed by atoms with E-state index in [9.17, 15) is 14.7 Å². The average molecular weight is 297 g/mol. The SMILES string of the molecule is C[C@@H](OC1CCCCCC1)C(=O)N1CCCC[C@@H]1C(=O)O. The predicted octanol–water partition coefficient (Wildman–Crippen LogP) is 2.58. The molecule has 120 valence electrons. The fourth-order valence-corrected chi connectivity index (χ4v) is 3.41. The van der Waals surface area contributed by atoms with Crippen molar-refractivity contribution in [1.82, 2.24) is 4.90 Å². The van der Waals surface area contributed by atoms with Gasteiger partial charge in [0.15, 0.2) is 0 Å². The topological polar surface area (TPSA) is 66.8 Å². The van der Waals surface area contributed by atoms with Gasteiger partial charge in [-0.25, -0.2) is 4.79 Å². The zero-order valence-electron chi connectivity index (χ0n) is 12.9. The first-order chi connectivity index (χ1) is 10.1. The van der Waals surface area contributed by atoms with Gasteiger partial charge >= 0.3 is 5.97 Å². The van der Waals surface area contributed by atoms with Gasteiger partial charge < -0.3 is 14.7 Å². The highest BCUT2D eigenvalue weighted by atomic mass is 16.5. The number of carbonyl (C=O) groups excluding carboxylic acids is 1. The van der Waals surface area contributed by atoms with Gasteiger partial charge in [-0.3, -0.25) is 4.79 Å². The summed E-state index contributed by atoms with van der Waals surface area (Å²) in [7, 11) is 0. The summed E-state index contributed by atoms with van der Waals surface area (Å²) in [6.45, 7) is 2.30. The van der Waals surface area contributed by atoms with Gasteiger partial charge in [0, 0.05) is 6.54 Å². The lowest BCUT2D eigenvalue weighted by molar-refractivity contribution is -0.159. The van der Waals surface area contributed by atoms with E-state index in [1.807, 2.05) is 0 Å². The van der Waals surface area contributed by atoms with Gasteiger partial charge in [0.05, 0.1) is 6.10 Å². The van der Waals surface area contributed by atoms with Crippen molar-refractivity contribution in [2.45, 2.75) is 83.0 Å². The van der Waals surface area contributed by atoms with Gasteiger partial charge in [-0.2, -0.15) is 0 Å². The van der Waals surface area contributed by atoms with Crippen LogP contribution in [0.3, 0.4) is 0 Å². The molecule has 2 atom stereocenters. The Labute approximate surface area is 126 Å². The van der Waals surface area contributed by atoms with E-state index in [2.05, 4.69) is 0 Å². The van der Waals surface area contributed by atoms with E-state index in [4.69, 9.17) is 4.74 Å². The van der Waals surface area contributed by atoms with Crippen LogP contribution in [0.5, 0.6) is 0 Å². The van der Waals surface area contributed by atoms with Gasteiger partial charge in [-0.15, -0.1) is 0 Å². The van der Waals surface area contributed by atoms with Gasteiger partial charge in [0.2, 0.25) is 0 Å². The van der Waals surface area contributed by atoms with Crippen molar-refractivity contribution < 1.29 is 19.4 Å². The van der Waals surface area contributed by atoms with E-state index in [0.717, 1.165) is 38.5 Å². The average Bonchev–Trinajstić information content (AvgIpc) is 2.75. The molecular formula is C16H27NO4. The van der Waals surface area contributed by atoms with Crippen LogP contribution in [0.25, 0.3) is 0 Å². The highest BCUT2D eigenvalue weighted by Crippen LogP contribution is 2.23. The molecule has 21 heavy (non-hydrogen) atoms. The fraction of sp³-hybridized carbons (Fsp3) is 0.875. The number of amides is 1. The van der Waals surface area contributed by atoms with Crippen LogP contribution in [-0.4, -0.2) is 46.7 Å². The maximum absolute atomic E-state index is 12.5. The first-order valence-electron chi connectivity index (χ1n) is 8.28. The Morgan fingerprint density at radius 2 is 1.67 bits per heavy atom. The number of carboxylic acid groups (broad SMARTS) is 1. The summed E-state index contributed by atoms with van der Waals surface area (Å²) >= 11 is 0. The van der Waals surface area contributed by atoms with Gasteiger partial charge in [0.25, 0.3) is 5.91 Å². The molecule has 0 bridgehead atoms. The van der Waals surface area contributed by atoms with Gasteiger partial charge in [-0.05, 0) is 39.0 Å². The molecule has 1 saturated carbocycles. The quantitative estimate of drug-likeness (QED) is 0.810. The summed E-state index contributed by atoms with van der Waals surface area (Å²) in [5.74, 6) is -1.06. The van der Waals surface area contributed by atoms with Crippen LogP contribution < -0.4 is 0 Å². The van der Waals surface area contributed by atoms with Crippen LogP contribution in [0.1, 0.15) is 64.7 Å². The molecule has 1 amide bonds. The lowest BCUT2D eigenvalue weighted by Gasteiger charge is -2.35. The minimum absolute atomic E-state index is 0.152. The monoisotopic (exact) mass is 297 g/mol. The van der Waals surface area contributed by atoms with E-state index in [1.165, 1.54) is 17.7 Å². The number of hydrogen-bond acceptors (Lipinski definition) is 3. The summed E-state index contributed by atoms with van der Waals surface area (Å²) in [5.41, 5.74) is 0. The Morgan fingerprint density at radius 1 is 1.05 bits per heavy atom. The molecule has 5 heteroatoms. The van der Waals surface area contributed by atoms with Crippen LogP contribution in [0, 0.1) is 0 Å². The molecule has 2 aliphatic rings. The zero-order chi connectivity index (χ0) is 15.2. The summed E-state index contributed by atoms with van der Waals surface area (Å²) in [6.07, 6.45) is 8.76. The van der Waals surface area contributed by atoms with Crippen LogP contribution in [0.4, 0.5) is 0 Å². The number of piperidine rings is 1. The summed E-state index contributed by atoms with van der Waals surface area (Å²) in [5, 5.41) is 9.26. The lowest BCUT2D eigenvalue weighted by atomic mass is 10.0. The minimum atomic E-state index is -0.898. The number of likely N-dealkylation sites (tertiary alicyclic amines) is 1. The van der Waals surface area contributed by atoms with E-state index in [-0.39, 0.29) is 12.0 Å². The minimum Gasteiger partial charge on any atom is -0.480 e. The predicted molar refractivity (Wildman–Crippen MR) is 79.0 cm³/mol. The summed E-state index contributed by atoms with van der Waals surface area (Å²) < 4.78 is 5.93. The molecule has 2 fully saturated rings. The second kappa shape index (κ2) is 7.78. The highest BCUT2D eigenvalue weighted by Gasteiger charge is 2.35. The second-order valence-electron chi connectivity index (χ2n) is 6.27. The van der Waals surface area contributed by atoms with Crippen LogP contribution >= 0.6 is 0 Å². The number of aliphatic carboxylic acids is 1. The first-order valence-corrected chi connectivity index (χ1v) is 8.28. The van der Waals surface area contributed by atoms with Gasteiger partial charge in [-0.1, -0.05) is 25.7 Å². The standard InChI is InChI=1S/C16H27NO4/c1-12(21-13-8-4-2-3-5-9-13)15(18)17-11-7-6-10-14(17)16(19)20/h12-14H,2-11H2,1H3,(H,19,20)/t12-,14-/m1/s1. The fourth-order valence-electron chi connectivity index (χ4n) is 3.41. The largest absolute Gasteiger partial charge is 0.480 e. The molecule has 1 N–H and O–H groups in total. The Balaban J connectivity index is 1.92. The molecule has 0 spiro atoms. The number of carboxylic acids is 1. The zero-order valence-corrected chi connectivity index (χ0v) is 12.9. The maximum atomic E-state index is 12.5. The summed E-state index contributed by atoms with van der Waals surface area (Å²) in [4.78, 5) is 25.3. The molecule has 5 nitrogen and oxygen atoms in total. The first kappa shape index (κ1) is 16.3. The molecule has 1 heterocycles. The van der Waals surface area contributed by atoms with E-state index >= 15 is 0 Å². The molecule has 0 aromatic rings. The Hall–Kier alpha value is -1.10. The van der Waals surface area contributed by atoms with Crippen molar-refractivity contribution in [2.24, 2.45) is 0 Å². The second-order valence-corrected chi connectivity index (χ2v) is 6.27. The van der Waals surface area contributed by atoms with Crippen molar-refractivity contribution in [3.63, 3.8) is 0 Å². The Morgan fingerprint density at radius 3 is 2.29 bits per heavy atom. The number of ether oxygens (including phenoxy) is 1. The van der Waals surface area contributed by atoms with Crippen LogP contribution in [0.15, 0.2) is 0 Å². The number of carbonyl (C=O) groups is 2. The molecule has 2 rings (SSSR count). The lowest BCUT2D eigenvalue weighted by Crippen LogP contribution is -2.51. The molecule has 1 aliphatic carbocycles. The maximum Gasteiger partial charge on any atom is 0.326 e. The van der Waals surface area contributed by atoms with Crippen molar-refractivity contribution >= 4 is 11.9 Å². The van der Waals surface area contributed by atoms with E-state index < -0.39 is 18.1 Å². The third-order valence-electron chi connectivity index (χ3n) is 4.62. The Kier molecular flexibility index (Phi) is 6.03. The number of nitrogens with zero attached hydrogens (tertiary/aromatic N) is 1. The van der Waals surface area contributed by atoms with Crippen molar-refractivity contribution in [2.75, 3.05) is 6.54 Å². The van der Waals surface area contributed by atoms with Gasteiger partial charge in [0.1, 0.15) is 12.1 Å². The summed E-state index contributed by atoms with van der Waals surface area (Å²) in [6, 6.07) is -0.675. The molecule has 1 aliphatic heterocycles. The van der Waals surface area contributed by atoms with E-state index in [1.54, 1.807) is 6.92 Å².